The largest absolute Gasteiger partial charge is 0.329 e. The normalized spacial score (nSPS) is 13.8. The maximum atomic E-state index is 6.23. The molecular formula is C16H13ClN2S. The summed E-state index contributed by atoms with van der Waals surface area (Å²) >= 11 is 11.7. The van der Waals surface area contributed by atoms with E-state index in [0.29, 0.717) is 9.79 Å². The number of aromatic amines is 1. The molecule has 0 aliphatic heterocycles. The Morgan fingerprint density at radius 2 is 1.95 bits per heavy atom. The van der Waals surface area contributed by atoms with Crippen LogP contribution in [0.3, 0.4) is 0 Å². The first-order valence-corrected chi connectivity index (χ1v) is 7.54. The standard InChI is InChI=1S/C16H13ClN2S/c17-13-5-2-6-14-15(13)18-16(20)19(14)12-8-7-10-3-1-4-11(10)9-12/h2,5-9H,1,3-4H2,(H,18,20). The van der Waals surface area contributed by atoms with Crippen LogP contribution in [0.25, 0.3) is 16.7 Å². The summed E-state index contributed by atoms with van der Waals surface area (Å²) in [6.07, 6.45) is 3.62. The number of imidazole rings is 1. The number of hydrogen-bond acceptors (Lipinski definition) is 1. The van der Waals surface area contributed by atoms with Gasteiger partial charge < -0.3 is 4.98 Å². The van der Waals surface area contributed by atoms with Crippen LogP contribution in [0.4, 0.5) is 0 Å². The fourth-order valence-corrected chi connectivity index (χ4v) is 3.57. The molecule has 4 heteroatoms. The second-order valence-corrected chi connectivity index (χ2v) is 6.00. The van der Waals surface area contributed by atoms with Gasteiger partial charge in [0.15, 0.2) is 4.77 Å². The van der Waals surface area contributed by atoms with Crippen LogP contribution in [0.15, 0.2) is 36.4 Å². The van der Waals surface area contributed by atoms with Crippen LogP contribution in [0.2, 0.25) is 5.02 Å². The Bertz CT molecular complexity index is 876. The molecule has 2 nitrogen and oxygen atoms in total. The predicted octanol–water partition coefficient (Wildman–Crippen LogP) is 4.83. The van der Waals surface area contributed by atoms with E-state index in [1.165, 1.54) is 30.4 Å². The summed E-state index contributed by atoms with van der Waals surface area (Å²) in [5.74, 6) is 0. The summed E-state index contributed by atoms with van der Waals surface area (Å²) in [7, 11) is 0. The van der Waals surface area contributed by atoms with Crippen molar-refractivity contribution >= 4 is 34.9 Å². The van der Waals surface area contributed by atoms with Gasteiger partial charge in [-0.05, 0) is 66.9 Å². The van der Waals surface area contributed by atoms with Crippen molar-refractivity contribution in [3.05, 3.63) is 57.3 Å². The Labute approximate surface area is 127 Å². The number of H-pyrrole nitrogens is 1. The molecule has 1 aromatic heterocycles. The molecule has 0 amide bonds. The number of rotatable bonds is 1. The van der Waals surface area contributed by atoms with Crippen molar-refractivity contribution in [3.8, 4) is 5.69 Å². The molecule has 1 aliphatic carbocycles. The second-order valence-electron chi connectivity index (χ2n) is 5.21. The third kappa shape index (κ3) is 1.74. The fourth-order valence-electron chi connectivity index (χ4n) is 3.05. The summed E-state index contributed by atoms with van der Waals surface area (Å²) < 4.78 is 2.75. The summed E-state index contributed by atoms with van der Waals surface area (Å²) in [6, 6.07) is 12.5. The van der Waals surface area contributed by atoms with Crippen molar-refractivity contribution in [1.29, 1.82) is 0 Å². The van der Waals surface area contributed by atoms with Crippen molar-refractivity contribution in [3.63, 3.8) is 0 Å². The first-order valence-electron chi connectivity index (χ1n) is 6.75. The molecule has 0 spiro atoms. The smallest absolute Gasteiger partial charge is 0.182 e. The highest BCUT2D eigenvalue weighted by molar-refractivity contribution is 7.71. The molecule has 0 atom stereocenters. The van der Waals surface area contributed by atoms with Gasteiger partial charge in [0.25, 0.3) is 0 Å². The van der Waals surface area contributed by atoms with Gasteiger partial charge in [0, 0.05) is 5.69 Å². The van der Waals surface area contributed by atoms with E-state index in [4.69, 9.17) is 23.8 Å². The third-order valence-corrected chi connectivity index (χ3v) is 4.61. The van der Waals surface area contributed by atoms with E-state index >= 15 is 0 Å². The van der Waals surface area contributed by atoms with Crippen LogP contribution in [0, 0.1) is 4.77 Å². The van der Waals surface area contributed by atoms with Gasteiger partial charge in [-0.3, -0.25) is 4.57 Å². The summed E-state index contributed by atoms with van der Waals surface area (Å²) in [6.45, 7) is 0. The number of para-hydroxylation sites is 1. The average molecular weight is 301 g/mol. The van der Waals surface area contributed by atoms with Gasteiger partial charge in [0.05, 0.1) is 16.1 Å². The maximum Gasteiger partial charge on any atom is 0.182 e. The number of aromatic nitrogens is 2. The molecule has 1 aliphatic rings. The van der Waals surface area contributed by atoms with Crippen LogP contribution in [-0.4, -0.2) is 9.55 Å². The van der Waals surface area contributed by atoms with Gasteiger partial charge in [0.2, 0.25) is 0 Å². The van der Waals surface area contributed by atoms with Crippen molar-refractivity contribution in [2.45, 2.75) is 19.3 Å². The number of nitrogens with one attached hydrogen (secondary N) is 1. The molecule has 0 saturated heterocycles. The van der Waals surface area contributed by atoms with E-state index < -0.39 is 0 Å². The molecule has 0 unspecified atom stereocenters. The summed E-state index contributed by atoms with van der Waals surface area (Å²) in [4.78, 5) is 3.21. The van der Waals surface area contributed by atoms with E-state index in [2.05, 4.69) is 27.8 Å². The van der Waals surface area contributed by atoms with E-state index in [0.717, 1.165) is 16.7 Å². The lowest BCUT2D eigenvalue weighted by Crippen LogP contribution is -1.95. The third-order valence-electron chi connectivity index (χ3n) is 4.01. The van der Waals surface area contributed by atoms with Gasteiger partial charge >= 0.3 is 0 Å². The molecule has 1 N–H and O–H groups in total. The van der Waals surface area contributed by atoms with Crippen LogP contribution in [0.5, 0.6) is 0 Å². The van der Waals surface area contributed by atoms with Crippen LogP contribution >= 0.6 is 23.8 Å². The van der Waals surface area contributed by atoms with Crippen molar-refractivity contribution < 1.29 is 0 Å². The number of hydrogen-bond donors (Lipinski definition) is 1. The molecule has 20 heavy (non-hydrogen) atoms. The molecule has 2 aromatic carbocycles. The van der Waals surface area contributed by atoms with E-state index in [1.807, 2.05) is 18.2 Å². The van der Waals surface area contributed by atoms with Crippen molar-refractivity contribution in [1.82, 2.24) is 9.55 Å². The van der Waals surface area contributed by atoms with Gasteiger partial charge in [-0.25, -0.2) is 0 Å². The highest BCUT2D eigenvalue weighted by atomic mass is 35.5. The SMILES string of the molecule is S=c1[nH]c2c(Cl)cccc2n1-c1ccc2c(c1)CCC2. The molecule has 100 valence electrons. The molecule has 0 bridgehead atoms. The van der Waals surface area contributed by atoms with Gasteiger partial charge in [-0.1, -0.05) is 23.7 Å². The van der Waals surface area contributed by atoms with Crippen molar-refractivity contribution in [2.75, 3.05) is 0 Å². The molecule has 4 rings (SSSR count). The van der Waals surface area contributed by atoms with Gasteiger partial charge in [-0.2, -0.15) is 0 Å². The first-order chi connectivity index (χ1) is 9.74. The zero-order valence-corrected chi connectivity index (χ0v) is 12.4. The fraction of sp³-hybridized carbons (Fsp3) is 0.188. The minimum Gasteiger partial charge on any atom is -0.329 e. The van der Waals surface area contributed by atoms with E-state index in [9.17, 15) is 0 Å². The minimum atomic E-state index is 0.686. The predicted molar refractivity (Wildman–Crippen MR) is 85.5 cm³/mol. The molecular weight excluding hydrogens is 288 g/mol. The monoisotopic (exact) mass is 300 g/mol. The summed E-state index contributed by atoms with van der Waals surface area (Å²) in [5.41, 5.74) is 5.96. The lowest BCUT2D eigenvalue weighted by atomic mass is 10.1. The molecule has 0 fully saturated rings. The topological polar surface area (TPSA) is 20.7 Å². The van der Waals surface area contributed by atoms with E-state index in [1.54, 1.807) is 0 Å². The minimum absolute atomic E-state index is 0.686. The molecule has 0 saturated carbocycles. The average Bonchev–Trinajstić information content (AvgIpc) is 3.02. The van der Waals surface area contributed by atoms with Gasteiger partial charge in [0.1, 0.15) is 0 Å². The van der Waals surface area contributed by atoms with E-state index in [-0.39, 0.29) is 0 Å². The molecule has 3 aromatic rings. The second kappa shape index (κ2) is 4.47. The number of fused-ring (bicyclic) bond motifs is 2. The maximum absolute atomic E-state index is 6.23. The Hall–Kier alpha value is -1.58. The highest BCUT2D eigenvalue weighted by Gasteiger charge is 2.14. The Morgan fingerprint density at radius 3 is 2.85 bits per heavy atom. The lowest BCUT2D eigenvalue weighted by Gasteiger charge is -2.07. The lowest BCUT2D eigenvalue weighted by molar-refractivity contribution is 0.911. The van der Waals surface area contributed by atoms with Crippen molar-refractivity contribution in [2.24, 2.45) is 0 Å². The summed E-state index contributed by atoms with van der Waals surface area (Å²) in [5, 5.41) is 0.702. The highest BCUT2D eigenvalue weighted by Crippen LogP contribution is 2.28. The Morgan fingerprint density at radius 1 is 1.10 bits per heavy atom. The number of halogens is 1. The zero-order valence-electron chi connectivity index (χ0n) is 10.8. The number of nitrogens with zero attached hydrogens (tertiary/aromatic N) is 1. The Balaban J connectivity index is 2.01. The molecule has 1 heterocycles. The zero-order chi connectivity index (χ0) is 13.7. The molecule has 0 radical (unpaired) electrons. The quantitative estimate of drug-likeness (QED) is 0.638. The number of benzene rings is 2. The van der Waals surface area contributed by atoms with Crippen LogP contribution in [0.1, 0.15) is 17.5 Å². The Kier molecular flexibility index (Phi) is 2.72. The van der Waals surface area contributed by atoms with Crippen LogP contribution in [-0.2, 0) is 12.8 Å². The van der Waals surface area contributed by atoms with Gasteiger partial charge in [-0.15, -0.1) is 0 Å². The first kappa shape index (κ1) is 12.2. The van der Waals surface area contributed by atoms with Crippen LogP contribution < -0.4 is 0 Å². The number of aryl methyl sites for hydroxylation is 2.